The molecule has 106 valence electrons. The van der Waals surface area contributed by atoms with Gasteiger partial charge in [0.2, 0.25) is 0 Å². The highest BCUT2D eigenvalue weighted by atomic mass is 19.2. The van der Waals surface area contributed by atoms with Crippen LogP contribution in [0.25, 0.3) is 0 Å². The summed E-state index contributed by atoms with van der Waals surface area (Å²) in [6.07, 6.45) is 2.41. The molecule has 1 aliphatic rings. The first kappa shape index (κ1) is 14.4. The average Bonchev–Trinajstić information content (AvgIpc) is 2.43. The molecule has 19 heavy (non-hydrogen) atoms. The maximum absolute atomic E-state index is 13.2. The van der Waals surface area contributed by atoms with E-state index in [0.717, 1.165) is 31.7 Å². The zero-order chi connectivity index (χ0) is 13.7. The van der Waals surface area contributed by atoms with E-state index in [1.807, 2.05) is 0 Å². The largest absolute Gasteiger partial charge is 0.317 e. The molecule has 1 aromatic carbocycles. The molecule has 4 heteroatoms. The van der Waals surface area contributed by atoms with Crippen molar-refractivity contribution < 1.29 is 8.78 Å². The summed E-state index contributed by atoms with van der Waals surface area (Å²) in [6, 6.07) is 4.19. The van der Waals surface area contributed by atoms with Crippen LogP contribution in [0.4, 0.5) is 8.78 Å². The van der Waals surface area contributed by atoms with Gasteiger partial charge in [-0.2, -0.15) is 0 Å². The van der Waals surface area contributed by atoms with Crippen molar-refractivity contribution in [1.82, 2.24) is 10.2 Å². The van der Waals surface area contributed by atoms with Gasteiger partial charge in [-0.25, -0.2) is 8.78 Å². The zero-order valence-corrected chi connectivity index (χ0v) is 11.5. The predicted molar refractivity (Wildman–Crippen MR) is 72.9 cm³/mol. The van der Waals surface area contributed by atoms with Crippen LogP contribution >= 0.6 is 0 Å². The molecule has 1 aromatic rings. The van der Waals surface area contributed by atoms with Crippen molar-refractivity contribution in [3.05, 3.63) is 35.4 Å². The summed E-state index contributed by atoms with van der Waals surface area (Å²) in [5, 5.41) is 3.36. The van der Waals surface area contributed by atoms with Gasteiger partial charge in [-0.15, -0.1) is 0 Å². The molecule has 0 aliphatic carbocycles. The van der Waals surface area contributed by atoms with Crippen LogP contribution in [0.1, 0.15) is 25.3 Å². The summed E-state index contributed by atoms with van der Waals surface area (Å²) in [5.74, 6) is -0.813. The second kappa shape index (κ2) is 6.96. The molecule has 2 rings (SSSR count). The highest BCUT2D eigenvalue weighted by Crippen LogP contribution is 2.16. The van der Waals surface area contributed by atoms with Crippen molar-refractivity contribution in [2.24, 2.45) is 5.92 Å². The number of piperidine rings is 1. The number of benzene rings is 1. The molecule has 0 bridgehead atoms. The molecule has 0 spiro atoms. The van der Waals surface area contributed by atoms with Crippen LogP contribution < -0.4 is 5.32 Å². The van der Waals surface area contributed by atoms with Gasteiger partial charge in [0.25, 0.3) is 0 Å². The summed E-state index contributed by atoms with van der Waals surface area (Å²) in [7, 11) is 0. The first-order valence-corrected chi connectivity index (χ1v) is 7.06. The summed E-state index contributed by atoms with van der Waals surface area (Å²) in [4.78, 5) is 2.31. The highest BCUT2D eigenvalue weighted by Gasteiger charge is 2.16. The van der Waals surface area contributed by atoms with E-state index in [4.69, 9.17) is 0 Å². The van der Waals surface area contributed by atoms with Gasteiger partial charge in [0.05, 0.1) is 0 Å². The molecular weight excluding hydrogens is 246 g/mol. The number of nitrogens with zero attached hydrogens (tertiary/aromatic N) is 1. The Kier molecular flexibility index (Phi) is 5.28. The molecule has 1 heterocycles. The van der Waals surface area contributed by atoms with E-state index in [2.05, 4.69) is 17.1 Å². The van der Waals surface area contributed by atoms with Crippen molar-refractivity contribution in [2.75, 3.05) is 26.2 Å². The molecule has 1 N–H and O–H groups in total. The first-order valence-electron chi connectivity index (χ1n) is 7.06. The summed E-state index contributed by atoms with van der Waals surface area (Å²) in [6.45, 7) is 6.96. The van der Waals surface area contributed by atoms with Crippen LogP contribution in [0.3, 0.4) is 0 Å². The second-order valence-electron chi connectivity index (χ2n) is 5.27. The maximum atomic E-state index is 13.2. The SMILES string of the molecule is CCN(Cc1ccc(F)c(F)c1)CC1CCNCC1. The Labute approximate surface area is 113 Å². The normalized spacial score (nSPS) is 17.1. The van der Waals surface area contributed by atoms with E-state index >= 15 is 0 Å². The minimum absolute atomic E-state index is 0.692. The number of nitrogens with one attached hydrogen (secondary N) is 1. The average molecular weight is 268 g/mol. The fourth-order valence-corrected chi connectivity index (χ4v) is 2.63. The molecule has 2 nitrogen and oxygen atoms in total. The quantitative estimate of drug-likeness (QED) is 0.883. The lowest BCUT2D eigenvalue weighted by Gasteiger charge is -2.29. The van der Waals surface area contributed by atoms with Gasteiger partial charge in [0.1, 0.15) is 0 Å². The van der Waals surface area contributed by atoms with E-state index in [0.29, 0.717) is 12.5 Å². The maximum Gasteiger partial charge on any atom is 0.159 e. The van der Waals surface area contributed by atoms with Gasteiger partial charge < -0.3 is 5.32 Å². The van der Waals surface area contributed by atoms with E-state index in [9.17, 15) is 8.78 Å². The molecule has 0 saturated carbocycles. The Morgan fingerprint density at radius 1 is 1.21 bits per heavy atom. The lowest BCUT2D eigenvalue weighted by Crippen LogP contribution is -2.35. The van der Waals surface area contributed by atoms with Crippen LogP contribution in [0.5, 0.6) is 0 Å². The van der Waals surface area contributed by atoms with Crippen molar-refractivity contribution >= 4 is 0 Å². The molecule has 0 unspecified atom stereocenters. The molecular formula is C15H22F2N2. The Hall–Kier alpha value is -1.00. The molecule has 0 aromatic heterocycles. The molecule has 0 amide bonds. The third kappa shape index (κ3) is 4.25. The topological polar surface area (TPSA) is 15.3 Å². The van der Waals surface area contributed by atoms with Crippen molar-refractivity contribution in [1.29, 1.82) is 0 Å². The molecule has 1 saturated heterocycles. The van der Waals surface area contributed by atoms with Crippen LogP contribution in [-0.4, -0.2) is 31.1 Å². The van der Waals surface area contributed by atoms with E-state index in [-0.39, 0.29) is 0 Å². The molecule has 0 radical (unpaired) electrons. The zero-order valence-electron chi connectivity index (χ0n) is 11.5. The summed E-state index contributed by atoms with van der Waals surface area (Å²) < 4.78 is 26.1. The minimum Gasteiger partial charge on any atom is -0.317 e. The van der Waals surface area contributed by atoms with Gasteiger partial charge in [-0.05, 0) is 56.1 Å². The van der Waals surface area contributed by atoms with Crippen molar-refractivity contribution in [3.8, 4) is 0 Å². The number of hydrogen-bond donors (Lipinski definition) is 1. The van der Waals surface area contributed by atoms with Gasteiger partial charge >= 0.3 is 0 Å². The van der Waals surface area contributed by atoms with Crippen LogP contribution in [0, 0.1) is 17.6 Å². The van der Waals surface area contributed by atoms with Gasteiger partial charge in [0.15, 0.2) is 11.6 Å². The van der Waals surface area contributed by atoms with Crippen LogP contribution in [-0.2, 0) is 6.54 Å². The molecule has 0 atom stereocenters. The Balaban J connectivity index is 1.92. The smallest absolute Gasteiger partial charge is 0.159 e. The molecule has 1 fully saturated rings. The standard InChI is InChI=1S/C15H22F2N2/c1-2-19(10-12-5-7-18-8-6-12)11-13-3-4-14(16)15(17)9-13/h3-4,9,12,18H,2,5-8,10-11H2,1H3. The highest BCUT2D eigenvalue weighted by molar-refractivity contribution is 5.17. The number of halogens is 2. The fourth-order valence-electron chi connectivity index (χ4n) is 2.63. The van der Waals surface area contributed by atoms with Crippen molar-refractivity contribution in [2.45, 2.75) is 26.3 Å². The van der Waals surface area contributed by atoms with Gasteiger partial charge in [-0.1, -0.05) is 13.0 Å². The fraction of sp³-hybridized carbons (Fsp3) is 0.600. The summed E-state index contributed by atoms with van der Waals surface area (Å²) >= 11 is 0. The van der Waals surface area contributed by atoms with E-state index < -0.39 is 11.6 Å². The number of hydrogen-bond acceptors (Lipinski definition) is 2. The Morgan fingerprint density at radius 2 is 1.95 bits per heavy atom. The predicted octanol–water partition coefficient (Wildman–Crippen LogP) is 2.79. The van der Waals surface area contributed by atoms with Gasteiger partial charge in [0, 0.05) is 13.1 Å². The van der Waals surface area contributed by atoms with E-state index in [1.54, 1.807) is 6.07 Å². The third-order valence-electron chi connectivity index (χ3n) is 3.81. The lowest BCUT2D eigenvalue weighted by molar-refractivity contribution is 0.207. The van der Waals surface area contributed by atoms with Gasteiger partial charge in [-0.3, -0.25) is 4.90 Å². The Morgan fingerprint density at radius 3 is 2.58 bits per heavy atom. The van der Waals surface area contributed by atoms with Crippen LogP contribution in [0.15, 0.2) is 18.2 Å². The third-order valence-corrected chi connectivity index (χ3v) is 3.81. The second-order valence-corrected chi connectivity index (χ2v) is 5.27. The first-order chi connectivity index (χ1) is 9.19. The molecule has 1 aliphatic heterocycles. The van der Waals surface area contributed by atoms with E-state index in [1.165, 1.54) is 25.0 Å². The number of rotatable bonds is 5. The summed E-state index contributed by atoms with van der Waals surface area (Å²) in [5.41, 5.74) is 0.842. The Bertz CT molecular complexity index is 403. The monoisotopic (exact) mass is 268 g/mol. The van der Waals surface area contributed by atoms with Crippen molar-refractivity contribution in [3.63, 3.8) is 0 Å². The van der Waals surface area contributed by atoms with Crippen LogP contribution in [0.2, 0.25) is 0 Å². The minimum atomic E-state index is -0.773. The lowest BCUT2D eigenvalue weighted by atomic mass is 9.97.